The second-order valence-corrected chi connectivity index (χ2v) is 3.47. The zero-order valence-corrected chi connectivity index (χ0v) is 7.69. The Bertz CT molecular complexity index is 412. The van der Waals surface area contributed by atoms with Crippen molar-refractivity contribution >= 4 is 5.91 Å². The monoisotopic (exact) mass is 215 g/mol. The summed E-state index contributed by atoms with van der Waals surface area (Å²) in [5.41, 5.74) is 1.31. The van der Waals surface area contributed by atoms with Gasteiger partial charge in [0.15, 0.2) is 0 Å². The average Bonchev–Trinajstić information content (AvgIpc) is 2.45. The van der Waals surface area contributed by atoms with Crippen molar-refractivity contribution in [2.75, 3.05) is 0 Å². The van der Waals surface area contributed by atoms with Crippen molar-refractivity contribution < 1.29 is 18.0 Å². The van der Waals surface area contributed by atoms with Crippen LogP contribution in [-0.2, 0) is 13.0 Å². The molecule has 1 N–H and O–H groups in total. The maximum absolute atomic E-state index is 12.1. The van der Waals surface area contributed by atoms with E-state index in [0.29, 0.717) is 17.7 Å². The molecule has 0 fully saturated rings. The number of carbonyl (C=O) groups is 1. The molecule has 0 aliphatic carbocycles. The standard InChI is InChI=1S/C10H8F3NO/c11-10(12,13)4-6-1-2-8-7(3-6)5-14-9(8)15/h1-3H,4-5H2,(H,14,15). The first kappa shape index (κ1) is 10.0. The number of alkyl halides is 3. The number of hydrogen-bond acceptors (Lipinski definition) is 1. The van der Waals surface area contributed by atoms with Gasteiger partial charge in [0.05, 0.1) is 6.42 Å². The summed E-state index contributed by atoms with van der Waals surface area (Å²) in [5, 5.41) is 2.55. The lowest BCUT2D eigenvalue weighted by Crippen LogP contribution is -2.12. The van der Waals surface area contributed by atoms with E-state index in [1.165, 1.54) is 18.2 Å². The molecule has 2 rings (SSSR count). The Balaban J connectivity index is 2.27. The van der Waals surface area contributed by atoms with E-state index in [2.05, 4.69) is 5.32 Å². The van der Waals surface area contributed by atoms with Crippen LogP contribution in [0.4, 0.5) is 13.2 Å². The van der Waals surface area contributed by atoms with Crippen LogP contribution in [0.1, 0.15) is 21.5 Å². The maximum Gasteiger partial charge on any atom is 0.393 e. The number of nitrogens with one attached hydrogen (secondary N) is 1. The van der Waals surface area contributed by atoms with Gasteiger partial charge >= 0.3 is 6.18 Å². The summed E-state index contributed by atoms with van der Waals surface area (Å²) in [6, 6.07) is 4.22. The van der Waals surface area contributed by atoms with Gasteiger partial charge in [-0.15, -0.1) is 0 Å². The van der Waals surface area contributed by atoms with Crippen LogP contribution in [0.5, 0.6) is 0 Å². The van der Waals surface area contributed by atoms with Crippen LogP contribution in [0.25, 0.3) is 0 Å². The molecule has 0 unspecified atom stereocenters. The van der Waals surface area contributed by atoms with Crippen LogP contribution in [0.15, 0.2) is 18.2 Å². The molecule has 0 bridgehead atoms. The van der Waals surface area contributed by atoms with Crippen molar-refractivity contribution in [2.24, 2.45) is 0 Å². The first-order valence-corrected chi connectivity index (χ1v) is 4.42. The zero-order valence-electron chi connectivity index (χ0n) is 7.69. The Morgan fingerprint density at radius 2 is 2.07 bits per heavy atom. The maximum atomic E-state index is 12.1. The minimum absolute atomic E-state index is 0.192. The van der Waals surface area contributed by atoms with Gasteiger partial charge in [0, 0.05) is 12.1 Å². The third kappa shape index (κ3) is 2.11. The van der Waals surface area contributed by atoms with E-state index in [-0.39, 0.29) is 11.5 Å². The van der Waals surface area contributed by atoms with Crippen LogP contribution in [0, 0.1) is 0 Å². The molecule has 2 nitrogen and oxygen atoms in total. The quantitative estimate of drug-likeness (QED) is 0.763. The topological polar surface area (TPSA) is 29.1 Å². The first-order chi connectivity index (χ1) is 6.96. The lowest BCUT2D eigenvalue weighted by molar-refractivity contribution is -0.127. The molecule has 1 heterocycles. The molecule has 0 spiro atoms. The molecule has 0 saturated carbocycles. The third-order valence-corrected chi connectivity index (χ3v) is 2.26. The van der Waals surface area contributed by atoms with Gasteiger partial charge in [-0.25, -0.2) is 0 Å². The van der Waals surface area contributed by atoms with Crippen molar-refractivity contribution in [2.45, 2.75) is 19.1 Å². The lowest BCUT2D eigenvalue weighted by Gasteiger charge is -2.07. The molecule has 0 atom stereocenters. The van der Waals surface area contributed by atoms with Gasteiger partial charge in [-0.3, -0.25) is 4.79 Å². The van der Waals surface area contributed by atoms with Crippen molar-refractivity contribution in [3.05, 3.63) is 34.9 Å². The predicted molar refractivity (Wildman–Crippen MR) is 47.4 cm³/mol. The van der Waals surface area contributed by atoms with E-state index in [4.69, 9.17) is 0 Å². The highest BCUT2D eigenvalue weighted by molar-refractivity contribution is 5.98. The fourth-order valence-corrected chi connectivity index (χ4v) is 1.63. The highest BCUT2D eigenvalue weighted by atomic mass is 19.4. The highest BCUT2D eigenvalue weighted by Gasteiger charge is 2.28. The first-order valence-electron chi connectivity index (χ1n) is 4.42. The Kier molecular flexibility index (Phi) is 2.17. The van der Waals surface area contributed by atoms with Crippen molar-refractivity contribution in [3.63, 3.8) is 0 Å². The lowest BCUT2D eigenvalue weighted by atomic mass is 10.0. The SMILES string of the molecule is O=C1NCc2cc(CC(F)(F)F)ccc21. The van der Waals surface area contributed by atoms with Crippen molar-refractivity contribution in [3.8, 4) is 0 Å². The van der Waals surface area contributed by atoms with Gasteiger partial charge in [-0.1, -0.05) is 12.1 Å². The van der Waals surface area contributed by atoms with E-state index < -0.39 is 12.6 Å². The van der Waals surface area contributed by atoms with Crippen LogP contribution in [0.3, 0.4) is 0 Å². The van der Waals surface area contributed by atoms with Crippen LogP contribution < -0.4 is 5.32 Å². The number of hydrogen-bond donors (Lipinski definition) is 1. The van der Waals surface area contributed by atoms with Crippen LogP contribution >= 0.6 is 0 Å². The minimum Gasteiger partial charge on any atom is -0.348 e. The molecule has 80 valence electrons. The number of halogens is 3. The summed E-state index contributed by atoms with van der Waals surface area (Å²) in [4.78, 5) is 11.1. The number of fused-ring (bicyclic) bond motifs is 1. The Labute approximate surface area is 84.1 Å². The molecular weight excluding hydrogens is 207 g/mol. The second kappa shape index (κ2) is 3.25. The highest BCUT2D eigenvalue weighted by Crippen LogP contribution is 2.24. The zero-order chi connectivity index (χ0) is 11.1. The van der Waals surface area contributed by atoms with Gasteiger partial charge in [0.1, 0.15) is 0 Å². The number of amides is 1. The van der Waals surface area contributed by atoms with Gasteiger partial charge in [-0.05, 0) is 17.2 Å². The Hall–Kier alpha value is -1.52. The number of benzene rings is 1. The predicted octanol–water partition coefficient (Wildman–Crippen LogP) is 2.03. The molecule has 1 aromatic carbocycles. The van der Waals surface area contributed by atoms with E-state index in [0.717, 1.165) is 0 Å². The van der Waals surface area contributed by atoms with Crippen LogP contribution in [-0.4, -0.2) is 12.1 Å². The molecule has 1 aliphatic heterocycles. The summed E-state index contributed by atoms with van der Waals surface area (Å²) in [5.74, 6) is -0.219. The normalized spacial score (nSPS) is 15.0. The van der Waals surface area contributed by atoms with Gasteiger partial charge in [0.2, 0.25) is 0 Å². The molecule has 1 aliphatic rings. The van der Waals surface area contributed by atoms with Crippen LogP contribution in [0.2, 0.25) is 0 Å². The summed E-state index contributed by atoms with van der Waals surface area (Å²) >= 11 is 0. The molecule has 1 aromatic rings. The molecular formula is C10H8F3NO. The summed E-state index contributed by atoms with van der Waals surface area (Å²) in [7, 11) is 0. The fourth-order valence-electron chi connectivity index (χ4n) is 1.63. The van der Waals surface area contributed by atoms with E-state index in [9.17, 15) is 18.0 Å². The smallest absolute Gasteiger partial charge is 0.348 e. The Morgan fingerprint density at radius 1 is 1.33 bits per heavy atom. The van der Waals surface area contributed by atoms with Gasteiger partial charge in [-0.2, -0.15) is 13.2 Å². The van der Waals surface area contributed by atoms with Crippen molar-refractivity contribution in [1.82, 2.24) is 5.32 Å². The minimum atomic E-state index is -4.20. The third-order valence-electron chi connectivity index (χ3n) is 2.26. The average molecular weight is 215 g/mol. The fraction of sp³-hybridized carbons (Fsp3) is 0.300. The largest absolute Gasteiger partial charge is 0.393 e. The summed E-state index contributed by atoms with van der Waals surface area (Å²) < 4.78 is 36.3. The van der Waals surface area contributed by atoms with E-state index >= 15 is 0 Å². The second-order valence-electron chi connectivity index (χ2n) is 3.47. The molecule has 5 heteroatoms. The summed E-state index contributed by atoms with van der Waals surface area (Å²) in [6.07, 6.45) is -5.15. The number of rotatable bonds is 1. The van der Waals surface area contributed by atoms with Crippen molar-refractivity contribution in [1.29, 1.82) is 0 Å². The molecule has 15 heavy (non-hydrogen) atoms. The number of carbonyl (C=O) groups excluding carboxylic acids is 1. The van der Waals surface area contributed by atoms with E-state index in [1.54, 1.807) is 0 Å². The van der Waals surface area contributed by atoms with Gasteiger partial charge < -0.3 is 5.32 Å². The molecule has 1 amide bonds. The molecule has 0 radical (unpaired) electrons. The molecule has 0 aromatic heterocycles. The Morgan fingerprint density at radius 3 is 2.73 bits per heavy atom. The summed E-state index contributed by atoms with van der Waals surface area (Å²) in [6.45, 7) is 0.319. The van der Waals surface area contributed by atoms with E-state index in [1.807, 2.05) is 0 Å². The van der Waals surface area contributed by atoms with Gasteiger partial charge in [0.25, 0.3) is 5.91 Å². The molecule has 0 saturated heterocycles.